The van der Waals surface area contributed by atoms with Crippen molar-refractivity contribution < 1.29 is 4.79 Å². The van der Waals surface area contributed by atoms with Crippen LogP contribution in [0.4, 0.5) is 0 Å². The van der Waals surface area contributed by atoms with Crippen molar-refractivity contribution in [3.8, 4) is 0 Å². The molecule has 1 aromatic carbocycles. The molecule has 0 fully saturated rings. The molecule has 0 aliphatic carbocycles. The van der Waals surface area contributed by atoms with Gasteiger partial charge in [-0.1, -0.05) is 30.3 Å². The first-order valence-corrected chi connectivity index (χ1v) is 7.80. The molecule has 3 rings (SSSR count). The molecule has 2 heterocycles. The average Bonchev–Trinajstić information content (AvgIpc) is 3.05. The van der Waals surface area contributed by atoms with Gasteiger partial charge >= 0.3 is 0 Å². The number of nitrogens with zero attached hydrogens (tertiary/aromatic N) is 4. The smallest absolute Gasteiger partial charge is 0.221 e. The van der Waals surface area contributed by atoms with Crippen molar-refractivity contribution in [3.05, 3.63) is 78.1 Å². The van der Waals surface area contributed by atoms with E-state index in [0.29, 0.717) is 12.8 Å². The third-order valence-electron chi connectivity index (χ3n) is 3.75. The maximum absolute atomic E-state index is 12.4. The second-order valence-electron chi connectivity index (χ2n) is 5.56. The van der Waals surface area contributed by atoms with Crippen LogP contribution in [0.3, 0.4) is 0 Å². The highest BCUT2D eigenvalue weighted by Gasteiger charge is 2.18. The minimum absolute atomic E-state index is 0.0219. The molecule has 6 nitrogen and oxygen atoms in total. The lowest BCUT2D eigenvalue weighted by molar-refractivity contribution is -0.121. The summed E-state index contributed by atoms with van der Waals surface area (Å²) in [5.74, 6) is -0.0219. The number of carbonyl (C=O) groups is 1. The van der Waals surface area contributed by atoms with Gasteiger partial charge in [-0.3, -0.25) is 9.48 Å². The fraction of sp³-hybridized carbons (Fsp3) is 0.222. The van der Waals surface area contributed by atoms with Crippen molar-refractivity contribution in [1.82, 2.24) is 25.1 Å². The van der Waals surface area contributed by atoms with Gasteiger partial charge in [0, 0.05) is 37.1 Å². The highest BCUT2D eigenvalue weighted by Crippen LogP contribution is 2.21. The van der Waals surface area contributed by atoms with Gasteiger partial charge in [-0.2, -0.15) is 5.10 Å². The van der Waals surface area contributed by atoms with Crippen molar-refractivity contribution >= 4 is 5.91 Å². The zero-order valence-corrected chi connectivity index (χ0v) is 13.5. The van der Waals surface area contributed by atoms with Crippen LogP contribution in [0.25, 0.3) is 0 Å². The van der Waals surface area contributed by atoms with Gasteiger partial charge in [0.15, 0.2) is 0 Å². The molecule has 0 radical (unpaired) electrons. The number of hydrogen-bond acceptors (Lipinski definition) is 4. The standard InChI is InChI=1S/C18H19N5O/c1-23-12-15(11-21-23)18(14-5-3-2-4-6-14)22-17(24)8-7-16-9-10-19-13-20-16/h2-6,9-13,18H,7-8H2,1H3,(H,22,24)/t18-/m0/s1. The van der Waals surface area contributed by atoms with Gasteiger partial charge in [0.25, 0.3) is 0 Å². The Morgan fingerprint density at radius 3 is 2.71 bits per heavy atom. The third kappa shape index (κ3) is 4.04. The first kappa shape index (κ1) is 15.9. The van der Waals surface area contributed by atoms with Crippen LogP contribution in [-0.4, -0.2) is 25.7 Å². The van der Waals surface area contributed by atoms with E-state index in [0.717, 1.165) is 16.8 Å². The Labute approximate surface area is 140 Å². The molecule has 0 saturated carbocycles. The van der Waals surface area contributed by atoms with Crippen LogP contribution in [0.15, 0.2) is 61.3 Å². The van der Waals surface area contributed by atoms with Gasteiger partial charge in [-0.15, -0.1) is 0 Å². The minimum Gasteiger partial charge on any atom is -0.345 e. The topological polar surface area (TPSA) is 72.7 Å². The maximum Gasteiger partial charge on any atom is 0.221 e. The SMILES string of the molecule is Cn1cc([C@@H](NC(=O)CCc2ccncn2)c2ccccc2)cn1. The van der Waals surface area contributed by atoms with Crippen LogP contribution < -0.4 is 5.32 Å². The van der Waals surface area contributed by atoms with E-state index in [9.17, 15) is 4.79 Å². The fourth-order valence-electron chi connectivity index (χ4n) is 2.53. The third-order valence-corrected chi connectivity index (χ3v) is 3.75. The van der Waals surface area contributed by atoms with Crippen LogP contribution in [0.1, 0.15) is 29.3 Å². The zero-order valence-electron chi connectivity index (χ0n) is 13.5. The van der Waals surface area contributed by atoms with Crippen LogP contribution in [-0.2, 0) is 18.3 Å². The monoisotopic (exact) mass is 321 g/mol. The summed E-state index contributed by atoms with van der Waals surface area (Å²) in [6, 6.07) is 11.5. The summed E-state index contributed by atoms with van der Waals surface area (Å²) in [4.78, 5) is 20.4. The number of aryl methyl sites for hydroxylation is 2. The molecule has 0 aliphatic heterocycles. The molecule has 24 heavy (non-hydrogen) atoms. The number of aromatic nitrogens is 4. The van der Waals surface area contributed by atoms with Gasteiger partial charge in [-0.25, -0.2) is 9.97 Å². The van der Waals surface area contributed by atoms with E-state index in [1.807, 2.05) is 49.6 Å². The summed E-state index contributed by atoms with van der Waals surface area (Å²) in [6.07, 6.45) is 7.84. The van der Waals surface area contributed by atoms with Gasteiger partial charge in [0.1, 0.15) is 6.33 Å². The number of nitrogens with one attached hydrogen (secondary N) is 1. The predicted molar refractivity (Wildman–Crippen MR) is 90.0 cm³/mol. The highest BCUT2D eigenvalue weighted by atomic mass is 16.1. The summed E-state index contributed by atoms with van der Waals surface area (Å²) in [7, 11) is 1.86. The molecule has 1 atom stereocenters. The van der Waals surface area contributed by atoms with Crippen LogP contribution in [0, 0.1) is 0 Å². The summed E-state index contributed by atoms with van der Waals surface area (Å²) in [5, 5.41) is 7.31. The van der Waals surface area contributed by atoms with Gasteiger partial charge in [0.2, 0.25) is 5.91 Å². The summed E-state index contributed by atoms with van der Waals surface area (Å²) in [6.45, 7) is 0. The molecular weight excluding hydrogens is 302 g/mol. The number of benzene rings is 1. The van der Waals surface area contributed by atoms with E-state index in [2.05, 4.69) is 20.4 Å². The molecule has 0 spiro atoms. The molecule has 0 aliphatic rings. The zero-order chi connectivity index (χ0) is 16.8. The van der Waals surface area contributed by atoms with E-state index < -0.39 is 0 Å². The minimum atomic E-state index is -0.210. The van der Waals surface area contributed by atoms with Crippen LogP contribution in [0.2, 0.25) is 0 Å². The number of hydrogen-bond donors (Lipinski definition) is 1. The molecule has 0 bridgehead atoms. The lowest BCUT2D eigenvalue weighted by Crippen LogP contribution is -2.29. The predicted octanol–water partition coefficient (Wildman–Crippen LogP) is 2.05. The van der Waals surface area contributed by atoms with Crippen molar-refractivity contribution in [3.63, 3.8) is 0 Å². The molecule has 3 aromatic rings. The van der Waals surface area contributed by atoms with Crippen molar-refractivity contribution in [1.29, 1.82) is 0 Å². The second-order valence-corrected chi connectivity index (χ2v) is 5.56. The molecular formula is C18H19N5O. The molecule has 0 unspecified atom stereocenters. The number of carbonyl (C=O) groups excluding carboxylic acids is 1. The number of amides is 1. The largest absolute Gasteiger partial charge is 0.345 e. The Balaban J connectivity index is 1.71. The Bertz CT molecular complexity index is 785. The molecule has 122 valence electrons. The second kappa shape index (κ2) is 7.50. The van der Waals surface area contributed by atoms with Crippen molar-refractivity contribution in [2.45, 2.75) is 18.9 Å². The van der Waals surface area contributed by atoms with E-state index in [1.54, 1.807) is 17.1 Å². The van der Waals surface area contributed by atoms with Gasteiger partial charge in [-0.05, 0) is 18.1 Å². The highest BCUT2D eigenvalue weighted by molar-refractivity contribution is 5.77. The van der Waals surface area contributed by atoms with Crippen molar-refractivity contribution in [2.75, 3.05) is 0 Å². The Kier molecular flexibility index (Phi) is 4.96. The first-order chi connectivity index (χ1) is 11.7. The summed E-state index contributed by atoms with van der Waals surface area (Å²) >= 11 is 0. The summed E-state index contributed by atoms with van der Waals surface area (Å²) in [5.41, 5.74) is 2.85. The van der Waals surface area contributed by atoms with Gasteiger partial charge < -0.3 is 5.32 Å². The molecule has 1 N–H and O–H groups in total. The molecule has 1 amide bonds. The fourth-order valence-corrected chi connectivity index (χ4v) is 2.53. The molecule has 6 heteroatoms. The first-order valence-electron chi connectivity index (χ1n) is 7.80. The van der Waals surface area contributed by atoms with E-state index in [4.69, 9.17) is 0 Å². The van der Waals surface area contributed by atoms with Crippen LogP contribution >= 0.6 is 0 Å². The van der Waals surface area contributed by atoms with Crippen LogP contribution in [0.5, 0.6) is 0 Å². The van der Waals surface area contributed by atoms with Gasteiger partial charge in [0.05, 0.1) is 12.2 Å². The van der Waals surface area contributed by atoms with Crippen molar-refractivity contribution in [2.24, 2.45) is 7.05 Å². The van der Waals surface area contributed by atoms with E-state index >= 15 is 0 Å². The average molecular weight is 321 g/mol. The molecule has 0 saturated heterocycles. The lowest BCUT2D eigenvalue weighted by Gasteiger charge is -2.18. The van der Waals surface area contributed by atoms with E-state index in [1.165, 1.54) is 6.33 Å². The maximum atomic E-state index is 12.4. The normalized spacial score (nSPS) is 11.9. The Morgan fingerprint density at radius 2 is 2.04 bits per heavy atom. The lowest BCUT2D eigenvalue weighted by atomic mass is 10.0. The molecule has 2 aromatic heterocycles. The summed E-state index contributed by atoms with van der Waals surface area (Å²) < 4.78 is 1.73. The number of rotatable bonds is 6. The Morgan fingerprint density at radius 1 is 1.21 bits per heavy atom. The quantitative estimate of drug-likeness (QED) is 0.754. The Hall–Kier alpha value is -3.02. The van der Waals surface area contributed by atoms with E-state index in [-0.39, 0.29) is 11.9 Å².